The first-order valence-corrected chi connectivity index (χ1v) is 12.3. The van der Waals surface area contributed by atoms with Gasteiger partial charge < -0.3 is 9.30 Å². The van der Waals surface area contributed by atoms with E-state index in [1.165, 1.54) is 35.8 Å². The van der Waals surface area contributed by atoms with Gasteiger partial charge in [-0.25, -0.2) is 22.1 Å². The molecule has 0 radical (unpaired) electrons. The number of rotatable bonds is 6. The van der Waals surface area contributed by atoms with E-state index >= 15 is 0 Å². The molecule has 0 spiro atoms. The highest BCUT2D eigenvalue weighted by molar-refractivity contribution is 7.89. The van der Waals surface area contributed by atoms with Crippen LogP contribution in [0.25, 0.3) is 11.3 Å². The van der Waals surface area contributed by atoms with Gasteiger partial charge in [0, 0.05) is 31.6 Å². The van der Waals surface area contributed by atoms with E-state index < -0.39 is 10.0 Å². The minimum Gasteiger partial charge on any atom is -0.376 e. The van der Waals surface area contributed by atoms with E-state index in [9.17, 15) is 12.8 Å². The predicted octanol–water partition coefficient (Wildman–Crippen LogP) is 4.02. The third-order valence-electron chi connectivity index (χ3n) is 5.18. The molecule has 1 aliphatic rings. The van der Waals surface area contributed by atoms with Gasteiger partial charge in [0.2, 0.25) is 10.0 Å². The van der Waals surface area contributed by atoms with Gasteiger partial charge in [0.1, 0.15) is 5.82 Å². The fraction of sp³-hybridized carbons (Fsp3) is 0.318. The van der Waals surface area contributed by atoms with Crippen molar-refractivity contribution in [2.45, 2.75) is 30.4 Å². The van der Waals surface area contributed by atoms with Crippen LogP contribution in [0.5, 0.6) is 0 Å². The second-order valence-electron chi connectivity index (χ2n) is 7.53. The highest BCUT2D eigenvalue weighted by Crippen LogP contribution is 2.26. The van der Waals surface area contributed by atoms with Gasteiger partial charge in [0.15, 0.2) is 4.80 Å². The summed E-state index contributed by atoms with van der Waals surface area (Å²) in [6, 6.07) is 13.2. The maximum absolute atomic E-state index is 14.5. The van der Waals surface area contributed by atoms with Crippen molar-refractivity contribution < 1.29 is 17.5 Å². The van der Waals surface area contributed by atoms with Crippen molar-refractivity contribution in [3.63, 3.8) is 0 Å². The molecule has 3 aromatic rings. The summed E-state index contributed by atoms with van der Waals surface area (Å²) in [5.41, 5.74) is 1.75. The van der Waals surface area contributed by atoms with Crippen LogP contribution in [-0.4, -0.2) is 44.1 Å². The highest BCUT2D eigenvalue weighted by Gasteiger charge is 2.21. The zero-order valence-corrected chi connectivity index (χ0v) is 19.0. The normalized spacial score (nSPS) is 17.5. The van der Waals surface area contributed by atoms with Crippen LogP contribution in [0.3, 0.4) is 0 Å². The maximum Gasteiger partial charge on any atom is 0.242 e. The molecule has 0 aliphatic carbocycles. The van der Waals surface area contributed by atoms with Gasteiger partial charge in [-0.05, 0) is 43.2 Å². The summed E-state index contributed by atoms with van der Waals surface area (Å²) in [6.07, 6.45) is 1.98. The first kappa shape index (κ1) is 21.9. The Morgan fingerprint density at radius 2 is 2.03 bits per heavy atom. The van der Waals surface area contributed by atoms with Crippen LogP contribution in [0.15, 0.2) is 63.8 Å². The summed E-state index contributed by atoms with van der Waals surface area (Å²) in [5, 5.41) is 1.88. The summed E-state index contributed by atoms with van der Waals surface area (Å²) < 4.78 is 48.4. The number of sulfonamides is 1. The van der Waals surface area contributed by atoms with E-state index in [1.54, 1.807) is 42.5 Å². The third-order valence-corrected chi connectivity index (χ3v) is 7.85. The van der Waals surface area contributed by atoms with E-state index in [1.807, 2.05) is 9.95 Å². The standard InChI is InChI=1S/C22H24FN3O3S2/c1-25(2)31(27,28)18-9-5-7-16(13-18)24-22-26(14-17-8-6-12-29-17)21(15-30-22)19-10-3-4-11-20(19)23/h3-5,7,9-11,13,15,17H,6,8,12,14H2,1-2H3. The van der Waals surface area contributed by atoms with Crippen LogP contribution in [0, 0.1) is 5.82 Å². The van der Waals surface area contributed by atoms with Crippen molar-refractivity contribution in [3.8, 4) is 11.3 Å². The Morgan fingerprint density at radius 1 is 1.23 bits per heavy atom. The summed E-state index contributed by atoms with van der Waals surface area (Å²) in [5.74, 6) is -0.299. The molecular weight excluding hydrogens is 437 g/mol. The molecule has 1 aromatic heterocycles. The molecule has 2 aromatic carbocycles. The molecule has 0 saturated carbocycles. The van der Waals surface area contributed by atoms with Crippen molar-refractivity contribution in [2.75, 3.05) is 20.7 Å². The number of halogens is 1. The Balaban J connectivity index is 1.81. The largest absolute Gasteiger partial charge is 0.376 e. The molecule has 0 bridgehead atoms. The summed E-state index contributed by atoms with van der Waals surface area (Å²) >= 11 is 1.39. The molecule has 1 unspecified atom stereocenters. The van der Waals surface area contributed by atoms with E-state index in [0.29, 0.717) is 22.6 Å². The lowest BCUT2D eigenvalue weighted by Crippen LogP contribution is -2.24. The molecule has 1 aliphatic heterocycles. The van der Waals surface area contributed by atoms with E-state index in [-0.39, 0.29) is 16.8 Å². The number of ether oxygens (including phenoxy) is 1. The first-order valence-electron chi connectivity index (χ1n) is 9.98. The predicted molar refractivity (Wildman–Crippen MR) is 119 cm³/mol. The fourth-order valence-corrected chi connectivity index (χ4v) is 5.38. The van der Waals surface area contributed by atoms with Crippen molar-refractivity contribution in [3.05, 3.63) is 64.5 Å². The molecule has 0 amide bonds. The van der Waals surface area contributed by atoms with Gasteiger partial charge in [-0.1, -0.05) is 18.2 Å². The lowest BCUT2D eigenvalue weighted by Gasteiger charge is -2.14. The number of nitrogens with zero attached hydrogens (tertiary/aromatic N) is 3. The molecule has 1 atom stereocenters. The fourth-order valence-electron chi connectivity index (χ4n) is 3.51. The first-order chi connectivity index (χ1) is 14.9. The van der Waals surface area contributed by atoms with Crippen LogP contribution in [0.1, 0.15) is 12.8 Å². The Morgan fingerprint density at radius 3 is 2.74 bits per heavy atom. The van der Waals surface area contributed by atoms with Crippen molar-refractivity contribution >= 4 is 27.0 Å². The van der Waals surface area contributed by atoms with Crippen molar-refractivity contribution in [1.29, 1.82) is 0 Å². The van der Waals surface area contributed by atoms with Crippen LogP contribution in [0.4, 0.5) is 10.1 Å². The van der Waals surface area contributed by atoms with Crippen LogP contribution in [-0.2, 0) is 21.3 Å². The molecule has 0 N–H and O–H groups in total. The molecule has 1 saturated heterocycles. The van der Waals surface area contributed by atoms with Crippen LogP contribution < -0.4 is 4.80 Å². The van der Waals surface area contributed by atoms with E-state index in [0.717, 1.165) is 25.1 Å². The summed E-state index contributed by atoms with van der Waals surface area (Å²) in [7, 11) is -0.574. The minimum atomic E-state index is -3.56. The highest BCUT2D eigenvalue weighted by atomic mass is 32.2. The molecule has 4 rings (SSSR count). The Labute approximate surface area is 185 Å². The van der Waals surface area contributed by atoms with E-state index in [2.05, 4.69) is 0 Å². The molecule has 1 fully saturated rings. The quantitative estimate of drug-likeness (QED) is 0.557. The summed E-state index contributed by atoms with van der Waals surface area (Å²) in [6.45, 7) is 1.28. The maximum atomic E-state index is 14.5. The van der Waals surface area contributed by atoms with Gasteiger partial charge in [0.05, 0.1) is 28.9 Å². The number of hydrogen-bond acceptors (Lipinski definition) is 5. The van der Waals surface area contributed by atoms with Gasteiger partial charge in [-0.15, -0.1) is 11.3 Å². The topological polar surface area (TPSA) is 63.9 Å². The zero-order chi connectivity index (χ0) is 22.0. The minimum absolute atomic E-state index is 0.0412. The monoisotopic (exact) mass is 461 g/mol. The number of thiazole rings is 1. The lowest BCUT2D eigenvalue weighted by atomic mass is 10.1. The average Bonchev–Trinajstić information content (AvgIpc) is 3.40. The molecule has 31 heavy (non-hydrogen) atoms. The molecule has 9 heteroatoms. The van der Waals surface area contributed by atoms with Gasteiger partial charge in [-0.2, -0.15) is 0 Å². The smallest absolute Gasteiger partial charge is 0.242 e. The number of benzene rings is 2. The van der Waals surface area contributed by atoms with Crippen LogP contribution in [0.2, 0.25) is 0 Å². The lowest BCUT2D eigenvalue weighted by molar-refractivity contribution is 0.0967. The van der Waals surface area contributed by atoms with Gasteiger partial charge in [-0.3, -0.25) is 0 Å². The SMILES string of the molecule is CN(C)S(=O)(=O)c1cccc(N=c2scc(-c3ccccc3F)n2CC2CCCO2)c1. The Kier molecular flexibility index (Phi) is 6.38. The van der Waals surface area contributed by atoms with Crippen molar-refractivity contribution in [2.24, 2.45) is 4.99 Å². The zero-order valence-electron chi connectivity index (χ0n) is 17.4. The second-order valence-corrected chi connectivity index (χ2v) is 10.5. The average molecular weight is 462 g/mol. The van der Waals surface area contributed by atoms with Gasteiger partial charge in [0.25, 0.3) is 0 Å². The Bertz CT molecular complexity index is 1240. The molecule has 2 heterocycles. The molecule has 164 valence electrons. The van der Waals surface area contributed by atoms with Crippen LogP contribution >= 0.6 is 11.3 Å². The second kappa shape index (κ2) is 9.04. The summed E-state index contributed by atoms with van der Waals surface area (Å²) in [4.78, 5) is 5.55. The molecule has 6 nitrogen and oxygen atoms in total. The number of aromatic nitrogens is 1. The number of hydrogen-bond donors (Lipinski definition) is 0. The van der Waals surface area contributed by atoms with E-state index in [4.69, 9.17) is 9.73 Å². The van der Waals surface area contributed by atoms with Crippen molar-refractivity contribution in [1.82, 2.24) is 8.87 Å². The van der Waals surface area contributed by atoms with Gasteiger partial charge >= 0.3 is 0 Å². The molecular formula is C22H24FN3O3S2. The third kappa shape index (κ3) is 4.64. The Hall–Kier alpha value is -2.33.